The maximum absolute atomic E-state index is 12.9. The van der Waals surface area contributed by atoms with Crippen LogP contribution < -0.4 is 0 Å². The molecule has 5 heteroatoms. The van der Waals surface area contributed by atoms with Gasteiger partial charge in [-0.15, -0.1) is 0 Å². The average Bonchev–Trinajstić information content (AvgIpc) is 2.68. The van der Waals surface area contributed by atoms with Crippen LogP contribution in [0.1, 0.15) is 10.5 Å². The molecule has 2 aromatic carbocycles. The van der Waals surface area contributed by atoms with Crippen molar-refractivity contribution in [3.05, 3.63) is 63.9 Å². The van der Waals surface area contributed by atoms with Crippen LogP contribution in [0.5, 0.6) is 0 Å². The van der Waals surface area contributed by atoms with E-state index in [9.17, 15) is 4.79 Å². The number of rotatable bonds is 2. The standard InChI is InChI=1S/C20H17IN2O2/c21-15-6-7-18-17(12-15)16(14-4-2-1-3-5-14)13-19(22-18)20(24)23-8-10-25-11-9-23/h1-7,12-13H,8-11H2. The van der Waals surface area contributed by atoms with E-state index < -0.39 is 0 Å². The molecule has 0 aliphatic carbocycles. The third-order valence-electron chi connectivity index (χ3n) is 4.37. The highest BCUT2D eigenvalue weighted by atomic mass is 127. The highest BCUT2D eigenvalue weighted by Crippen LogP contribution is 2.30. The fraction of sp³-hybridized carbons (Fsp3) is 0.200. The minimum atomic E-state index is -0.0269. The fourth-order valence-corrected chi connectivity index (χ4v) is 3.58. The summed E-state index contributed by atoms with van der Waals surface area (Å²) in [4.78, 5) is 19.4. The molecule has 4 nitrogen and oxygen atoms in total. The third-order valence-corrected chi connectivity index (χ3v) is 5.04. The molecule has 1 saturated heterocycles. The summed E-state index contributed by atoms with van der Waals surface area (Å²) in [6.07, 6.45) is 0. The summed E-state index contributed by atoms with van der Waals surface area (Å²) in [5.41, 5.74) is 3.47. The molecular weight excluding hydrogens is 427 g/mol. The number of carbonyl (C=O) groups is 1. The number of fused-ring (bicyclic) bond motifs is 1. The van der Waals surface area contributed by atoms with Crippen LogP contribution in [-0.4, -0.2) is 42.1 Å². The Morgan fingerprint density at radius 2 is 1.80 bits per heavy atom. The zero-order chi connectivity index (χ0) is 17.2. The first-order valence-corrected chi connectivity index (χ1v) is 9.33. The summed E-state index contributed by atoms with van der Waals surface area (Å²) in [7, 11) is 0. The van der Waals surface area contributed by atoms with E-state index in [1.165, 1.54) is 0 Å². The van der Waals surface area contributed by atoms with E-state index in [4.69, 9.17) is 4.74 Å². The largest absolute Gasteiger partial charge is 0.378 e. The highest BCUT2D eigenvalue weighted by Gasteiger charge is 2.21. The van der Waals surface area contributed by atoms with Gasteiger partial charge in [-0.1, -0.05) is 30.3 Å². The maximum Gasteiger partial charge on any atom is 0.272 e. The zero-order valence-electron chi connectivity index (χ0n) is 13.6. The molecule has 0 spiro atoms. The Labute approximate surface area is 160 Å². The van der Waals surface area contributed by atoms with Gasteiger partial charge in [0.05, 0.1) is 18.7 Å². The number of aromatic nitrogens is 1. The van der Waals surface area contributed by atoms with Crippen molar-refractivity contribution in [2.24, 2.45) is 0 Å². The van der Waals surface area contributed by atoms with Crippen molar-refractivity contribution >= 4 is 39.4 Å². The molecule has 0 unspecified atom stereocenters. The molecule has 0 radical (unpaired) electrons. The summed E-state index contributed by atoms with van der Waals surface area (Å²) in [6.45, 7) is 2.41. The maximum atomic E-state index is 12.9. The van der Waals surface area contributed by atoms with Crippen molar-refractivity contribution < 1.29 is 9.53 Å². The van der Waals surface area contributed by atoms with Crippen molar-refractivity contribution in [1.82, 2.24) is 9.88 Å². The Hall–Kier alpha value is -1.99. The van der Waals surface area contributed by atoms with Crippen molar-refractivity contribution in [2.75, 3.05) is 26.3 Å². The van der Waals surface area contributed by atoms with Gasteiger partial charge in [-0.05, 0) is 58.0 Å². The minimum Gasteiger partial charge on any atom is -0.378 e. The lowest BCUT2D eigenvalue weighted by Gasteiger charge is -2.26. The summed E-state index contributed by atoms with van der Waals surface area (Å²) in [5.74, 6) is -0.0269. The number of halogens is 1. The van der Waals surface area contributed by atoms with Crippen LogP contribution in [-0.2, 0) is 4.74 Å². The number of ether oxygens (including phenoxy) is 1. The predicted molar refractivity (Wildman–Crippen MR) is 107 cm³/mol. The molecule has 1 aliphatic heterocycles. The number of pyridine rings is 1. The Kier molecular flexibility index (Phi) is 4.67. The number of hydrogen-bond donors (Lipinski definition) is 0. The number of carbonyl (C=O) groups excluding carboxylic acids is 1. The molecule has 4 rings (SSSR count). The van der Waals surface area contributed by atoms with E-state index in [-0.39, 0.29) is 5.91 Å². The number of hydrogen-bond acceptors (Lipinski definition) is 3. The Balaban J connectivity index is 1.86. The summed E-state index contributed by atoms with van der Waals surface area (Å²) < 4.78 is 6.50. The molecule has 126 valence electrons. The van der Waals surface area contributed by atoms with Crippen molar-refractivity contribution in [1.29, 1.82) is 0 Å². The van der Waals surface area contributed by atoms with Gasteiger partial charge in [0.2, 0.25) is 0 Å². The van der Waals surface area contributed by atoms with Crippen molar-refractivity contribution in [3.63, 3.8) is 0 Å². The monoisotopic (exact) mass is 444 g/mol. The highest BCUT2D eigenvalue weighted by molar-refractivity contribution is 14.1. The molecular formula is C20H17IN2O2. The number of benzene rings is 2. The van der Waals surface area contributed by atoms with E-state index in [1.807, 2.05) is 41.3 Å². The molecule has 0 N–H and O–H groups in total. The van der Waals surface area contributed by atoms with Gasteiger partial charge < -0.3 is 9.64 Å². The number of amides is 1. The first-order chi connectivity index (χ1) is 12.2. The fourth-order valence-electron chi connectivity index (χ4n) is 3.09. The minimum absolute atomic E-state index is 0.0269. The van der Waals surface area contributed by atoms with E-state index in [0.717, 1.165) is 25.6 Å². The molecule has 0 atom stereocenters. The van der Waals surface area contributed by atoms with E-state index >= 15 is 0 Å². The zero-order valence-corrected chi connectivity index (χ0v) is 15.8. The first-order valence-electron chi connectivity index (χ1n) is 8.25. The second kappa shape index (κ2) is 7.09. The molecule has 2 heterocycles. The molecule has 1 aromatic heterocycles. The Morgan fingerprint density at radius 1 is 1.04 bits per heavy atom. The SMILES string of the molecule is O=C(c1cc(-c2ccccc2)c2cc(I)ccc2n1)N1CCOCC1. The lowest BCUT2D eigenvalue weighted by atomic mass is 10.00. The van der Waals surface area contributed by atoms with Gasteiger partial charge in [0, 0.05) is 22.0 Å². The first kappa shape index (κ1) is 16.5. The number of morpholine rings is 1. The summed E-state index contributed by atoms with van der Waals surface area (Å²) in [5, 5.41) is 1.07. The van der Waals surface area contributed by atoms with Gasteiger partial charge in [0.25, 0.3) is 5.91 Å². The number of nitrogens with zero attached hydrogens (tertiary/aromatic N) is 2. The molecule has 3 aromatic rings. The smallest absolute Gasteiger partial charge is 0.272 e. The van der Waals surface area contributed by atoms with Gasteiger partial charge in [0.1, 0.15) is 5.69 Å². The molecule has 1 aliphatic rings. The van der Waals surface area contributed by atoms with E-state index in [1.54, 1.807) is 0 Å². The molecule has 0 bridgehead atoms. The van der Waals surface area contributed by atoms with E-state index in [2.05, 4.69) is 45.8 Å². The van der Waals surface area contributed by atoms with Crippen LogP contribution >= 0.6 is 22.6 Å². The van der Waals surface area contributed by atoms with Crippen molar-refractivity contribution in [2.45, 2.75) is 0 Å². The summed E-state index contributed by atoms with van der Waals surface area (Å²) in [6, 6.07) is 18.2. The van der Waals surface area contributed by atoms with E-state index in [0.29, 0.717) is 32.0 Å². The van der Waals surface area contributed by atoms with Crippen LogP contribution in [0, 0.1) is 3.57 Å². The predicted octanol–water partition coefficient (Wildman–Crippen LogP) is 3.98. The van der Waals surface area contributed by atoms with Crippen LogP contribution in [0.25, 0.3) is 22.0 Å². The van der Waals surface area contributed by atoms with Gasteiger partial charge in [0.15, 0.2) is 0 Å². The molecule has 1 amide bonds. The second-order valence-electron chi connectivity index (χ2n) is 5.99. The lowest BCUT2D eigenvalue weighted by Crippen LogP contribution is -2.41. The molecule has 1 fully saturated rings. The Morgan fingerprint density at radius 3 is 2.56 bits per heavy atom. The lowest BCUT2D eigenvalue weighted by molar-refractivity contribution is 0.0299. The van der Waals surface area contributed by atoms with Gasteiger partial charge in [-0.3, -0.25) is 4.79 Å². The third kappa shape index (κ3) is 3.39. The van der Waals surface area contributed by atoms with Gasteiger partial charge in [-0.2, -0.15) is 0 Å². The average molecular weight is 444 g/mol. The normalized spacial score (nSPS) is 14.7. The second-order valence-corrected chi connectivity index (χ2v) is 7.23. The summed E-state index contributed by atoms with van der Waals surface area (Å²) >= 11 is 2.30. The van der Waals surface area contributed by atoms with Crippen LogP contribution in [0.2, 0.25) is 0 Å². The Bertz CT molecular complexity index is 922. The molecule has 0 saturated carbocycles. The quantitative estimate of drug-likeness (QED) is 0.562. The van der Waals surface area contributed by atoms with Gasteiger partial charge >= 0.3 is 0 Å². The van der Waals surface area contributed by atoms with Crippen LogP contribution in [0.4, 0.5) is 0 Å². The van der Waals surface area contributed by atoms with Crippen LogP contribution in [0.3, 0.4) is 0 Å². The topological polar surface area (TPSA) is 42.4 Å². The van der Waals surface area contributed by atoms with Gasteiger partial charge in [-0.25, -0.2) is 4.98 Å². The van der Waals surface area contributed by atoms with Crippen molar-refractivity contribution in [3.8, 4) is 11.1 Å². The van der Waals surface area contributed by atoms with Crippen LogP contribution in [0.15, 0.2) is 54.6 Å². The molecule has 25 heavy (non-hydrogen) atoms.